The lowest BCUT2D eigenvalue weighted by atomic mass is 9.86. The molecular formula is C8H14O2. The largest absolute Gasteiger partial charge is 0.478 e. The average Bonchev–Trinajstić information content (AvgIpc) is 1.60. The molecule has 0 rings (SSSR count). The van der Waals surface area contributed by atoms with Gasteiger partial charge in [0.1, 0.15) is 0 Å². The van der Waals surface area contributed by atoms with Crippen molar-refractivity contribution in [2.24, 2.45) is 5.41 Å². The Balaban J connectivity index is 4.56. The van der Waals surface area contributed by atoms with E-state index in [1.54, 1.807) is 13.0 Å². The molecule has 0 saturated carbocycles. The molecule has 0 aliphatic rings. The van der Waals surface area contributed by atoms with Crippen LogP contribution in [0.2, 0.25) is 0 Å². The highest BCUT2D eigenvalue weighted by Crippen LogP contribution is 2.24. The molecule has 0 heterocycles. The highest BCUT2D eigenvalue weighted by atomic mass is 16.4. The SMILES string of the molecule is C/C=C(/C(=O)O)C(C)(C)C. The van der Waals surface area contributed by atoms with Crippen LogP contribution in [0.4, 0.5) is 0 Å². The van der Waals surface area contributed by atoms with Gasteiger partial charge in [0.15, 0.2) is 0 Å². The van der Waals surface area contributed by atoms with Gasteiger partial charge in [-0.25, -0.2) is 4.79 Å². The van der Waals surface area contributed by atoms with E-state index in [0.29, 0.717) is 5.57 Å². The van der Waals surface area contributed by atoms with E-state index in [4.69, 9.17) is 5.11 Å². The van der Waals surface area contributed by atoms with Gasteiger partial charge in [-0.2, -0.15) is 0 Å². The molecule has 2 nitrogen and oxygen atoms in total. The lowest BCUT2D eigenvalue weighted by molar-refractivity contribution is -0.133. The second-order valence-corrected chi connectivity index (χ2v) is 3.26. The Morgan fingerprint density at radius 1 is 1.40 bits per heavy atom. The fourth-order valence-electron chi connectivity index (χ4n) is 0.877. The summed E-state index contributed by atoms with van der Waals surface area (Å²) in [6, 6.07) is 0. The van der Waals surface area contributed by atoms with Crippen LogP contribution in [0.5, 0.6) is 0 Å². The van der Waals surface area contributed by atoms with Crippen molar-refractivity contribution in [2.75, 3.05) is 0 Å². The van der Waals surface area contributed by atoms with Crippen molar-refractivity contribution in [2.45, 2.75) is 27.7 Å². The van der Waals surface area contributed by atoms with E-state index < -0.39 is 5.97 Å². The van der Waals surface area contributed by atoms with Crippen LogP contribution in [0, 0.1) is 5.41 Å². The standard InChI is InChI=1S/C8H14O2/c1-5-6(7(9)10)8(2,3)4/h5H,1-4H3,(H,9,10)/b6-5-. The summed E-state index contributed by atoms with van der Waals surface area (Å²) >= 11 is 0. The van der Waals surface area contributed by atoms with E-state index >= 15 is 0 Å². The summed E-state index contributed by atoms with van der Waals surface area (Å²) in [5.74, 6) is -0.824. The molecule has 10 heavy (non-hydrogen) atoms. The number of allylic oxidation sites excluding steroid dienone is 1. The summed E-state index contributed by atoms with van der Waals surface area (Å²) in [6.45, 7) is 7.40. The molecule has 0 atom stereocenters. The molecule has 58 valence electrons. The van der Waals surface area contributed by atoms with Crippen molar-refractivity contribution in [1.29, 1.82) is 0 Å². The fourth-order valence-corrected chi connectivity index (χ4v) is 0.877. The first-order valence-corrected chi connectivity index (χ1v) is 3.29. The minimum atomic E-state index is -0.824. The predicted molar refractivity (Wildman–Crippen MR) is 40.8 cm³/mol. The van der Waals surface area contributed by atoms with Crippen molar-refractivity contribution in [3.63, 3.8) is 0 Å². The molecule has 2 heteroatoms. The van der Waals surface area contributed by atoms with Gasteiger partial charge in [0.2, 0.25) is 0 Å². The number of aliphatic carboxylic acids is 1. The Hall–Kier alpha value is -0.790. The van der Waals surface area contributed by atoms with E-state index in [0.717, 1.165) is 0 Å². The Bertz CT molecular complexity index is 161. The molecule has 0 aromatic rings. The van der Waals surface area contributed by atoms with Crippen molar-refractivity contribution in [3.05, 3.63) is 11.6 Å². The zero-order valence-corrected chi connectivity index (χ0v) is 6.93. The van der Waals surface area contributed by atoms with Gasteiger partial charge in [-0.15, -0.1) is 0 Å². The third kappa shape index (κ3) is 2.21. The molecule has 0 radical (unpaired) electrons. The van der Waals surface area contributed by atoms with Gasteiger partial charge in [0.25, 0.3) is 0 Å². The second kappa shape index (κ2) is 2.86. The minimum absolute atomic E-state index is 0.249. The quantitative estimate of drug-likeness (QED) is 0.569. The maximum atomic E-state index is 10.5. The normalized spacial score (nSPS) is 13.4. The van der Waals surface area contributed by atoms with Crippen LogP contribution in [0.3, 0.4) is 0 Å². The van der Waals surface area contributed by atoms with E-state index in [-0.39, 0.29) is 5.41 Å². The fraction of sp³-hybridized carbons (Fsp3) is 0.625. The van der Waals surface area contributed by atoms with Crippen molar-refractivity contribution < 1.29 is 9.90 Å². The van der Waals surface area contributed by atoms with Crippen LogP contribution in [0.25, 0.3) is 0 Å². The third-order valence-electron chi connectivity index (χ3n) is 1.33. The summed E-state index contributed by atoms with van der Waals surface area (Å²) in [6.07, 6.45) is 1.64. The summed E-state index contributed by atoms with van der Waals surface area (Å²) in [7, 11) is 0. The van der Waals surface area contributed by atoms with Gasteiger partial charge in [-0.05, 0) is 12.3 Å². The Kier molecular flexibility index (Phi) is 2.64. The number of hydrogen-bond acceptors (Lipinski definition) is 1. The first kappa shape index (κ1) is 9.21. The molecule has 0 aliphatic carbocycles. The number of carboxylic acids is 1. The minimum Gasteiger partial charge on any atom is -0.478 e. The van der Waals surface area contributed by atoms with E-state index in [9.17, 15) is 4.79 Å². The zero-order chi connectivity index (χ0) is 8.36. The van der Waals surface area contributed by atoms with Crippen LogP contribution < -0.4 is 0 Å². The molecule has 0 aromatic heterocycles. The second-order valence-electron chi connectivity index (χ2n) is 3.26. The van der Waals surface area contributed by atoms with Gasteiger partial charge in [0, 0.05) is 5.57 Å². The van der Waals surface area contributed by atoms with E-state index in [1.165, 1.54) is 0 Å². The average molecular weight is 142 g/mol. The van der Waals surface area contributed by atoms with E-state index in [1.807, 2.05) is 20.8 Å². The first-order valence-electron chi connectivity index (χ1n) is 3.29. The molecular weight excluding hydrogens is 128 g/mol. The lowest BCUT2D eigenvalue weighted by Crippen LogP contribution is -2.16. The van der Waals surface area contributed by atoms with Crippen LogP contribution >= 0.6 is 0 Å². The third-order valence-corrected chi connectivity index (χ3v) is 1.33. The molecule has 0 unspecified atom stereocenters. The first-order chi connectivity index (χ1) is 4.39. The number of hydrogen-bond donors (Lipinski definition) is 1. The summed E-state index contributed by atoms with van der Waals surface area (Å²) < 4.78 is 0. The summed E-state index contributed by atoms with van der Waals surface area (Å²) in [5.41, 5.74) is 0.216. The molecule has 1 N–H and O–H groups in total. The number of rotatable bonds is 1. The molecule has 0 aromatic carbocycles. The van der Waals surface area contributed by atoms with Crippen molar-refractivity contribution >= 4 is 5.97 Å². The van der Waals surface area contributed by atoms with Crippen molar-refractivity contribution in [1.82, 2.24) is 0 Å². The van der Waals surface area contributed by atoms with Gasteiger partial charge < -0.3 is 5.11 Å². The molecule has 0 fully saturated rings. The molecule has 0 saturated heterocycles. The van der Waals surface area contributed by atoms with Gasteiger partial charge in [-0.1, -0.05) is 26.8 Å². The highest BCUT2D eigenvalue weighted by Gasteiger charge is 2.21. The topological polar surface area (TPSA) is 37.3 Å². The van der Waals surface area contributed by atoms with Crippen LogP contribution in [-0.2, 0) is 4.79 Å². The van der Waals surface area contributed by atoms with Gasteiger partial charge in [0.05, 0.1) is 0 Å². The predicted octanol–water partition coefficient (Wildman–Crippen LogP) is 2.06. The highest BCUT2D eigenvalue weighted by molar-refractivity contribution is 5.87. The summed E-state index contributed by atoms with van der Waals surface area (Å²) in [4.78, 5) is 10.5. The van der Waals surface area contributed by atoms with E-state index in [2.05, 4.69) is 0 Å². The van der Waals surface area contributed by atoms with Crippen LogP contribution in [0.1, 0.15) is 27.7 Å². The van der Waals surface area contributed by atoms with Crippen LogP contribution in [-0.4, -0.2) is 11.1 Å². The van der Waals surface area contributed by atoms with Gasteiger partial charge >= 0.3 is 5.97 Å². The van der Waals surface area contributed by atoms with Crippen molar-refractivity contribution in [3.8, 4) is 0 Å². The Morgan fingerprint density at radius 3 is 1.80 bits per heavy atom. The Morgan fingerprint density at radius 2 is 1.80 bits per heavy atom. The molecule has 0 bridgehead atoms. The molecule has 0 aliphatic heterocycles. The maximum Gasteiger partial charge on any atom is 0.331 e. The molecule has 0 spiro atoms. The Labute approximate surface area is 61.6 Å². The van der Waals surface area contributed by atoms with Crippen LogP contribution in [0.15, 0.2) is 11.6 Å². The monoisotopic (exact) mass is 142 g/mol. The van der Waals surface area contributed by atoms with Gasteiger partial charge in [-0.3, -0.25) is 0 Å². The zero-order valence-electron chi connectivity index (χ0n) is 6.93. The maximum absolute atomic E-state index is 10.5. The lowest BCUT2D eigenvalue weighted by Gasteiger charge is -2.18. The number of carbonyl (C=O) groups is 1. The summed E-state index contributed by atoms with van der Waals surface area (Å²) in [5, 5.41) is 8.64. The smallest absolute Gasteiger partial charge is 0.331 e. The molecule has 0 amide bonds. The number of carboxylic acid groups (broad SMARTS) is 1.